The molecule has 1 heterocycles. The third kappa shape index (κ3) is 2.20. The number of nitrogens with two attached hydrogens (primary N) is 1. The van der Waals surface area contributed by atoms with Gasteiger partial charge in [0.25, 0.3) is 5.91 Å². The molecule has 1 aromatic rings. The third-order valence-corrected chi connectivity index (χ3v) is 2.38. The molecule has 2 atom stereocenters. The monoisotopic (exact) mass is 228 g/mol. The fourth-order valence-corrected chi connectivity index (χ4v) is 1.37. The molecule has 0 spiro atoms. The predicted octanol–water partition coefficient (Wildman–Crippen LogP) is -0.362. The largest absolute Gasteiger partial charge is 0.394 e. The van der Waals surface area contributed by atoms with E-state index in [1.807, 2.05) is 0 Å². The number of aromatic nitrogens is 3. The molecule has 0 saturated heterocycles. The average molecular weight is 228 g/mol. The molecule has 7 heteroatoms. The number of primary amides is 1. The third-order valence-electron chi connectivity index (χ3n) is 2.38. The quantitative estimate of drug-likeness (QED) is 0.716. The first-order valence-electron chi connectivity index (χ1n) is 4.91. The fraction of sp³-hybridized carbons (Fsp3) is 0.667. The molecule has 0 bridgehead atoms. The second kappa shape index (κ2) is 5.04. The summed E-state index contributed by atoms with van der Waals surface area (Å²) in [6.45, 7) is 3.40. The molecule has 90 valence electrons. The van der Waals surface area contributed by atoms with Gasteiger partial charge >= 0.3 is 0 Å². The van der Waals surface area contributed by atoms with Gasteiger partial charge in [0.2, 0.25) is 0 Å². The number of ether oxygens (including phenoxy) is 1. The molecule has 1 aromatic heterocycles. The summed E-state index contributed by atoms with van der Waals surface area (Å²) in [5, 5.41) is 16.6. The Morgan fingerprint density at radius 2 is 2.25 bits per heavy atom. The highest BCUT2D eigenvalue weighted by atomic mass is 16.5. The standard InChI is InChI=1S/C9H16N4O3/c1-5(4-14)13-8(6(2)16-3)7(9(10)15)11-12-13/h5-6,14H,4H2,1-3H3,(H2,10,15). The number of carbonyl (C=O) groups is 1. The summed E-state index contributed by atoms with van der Waals surface area (Å²) in [6, 6.07) is -0.284. The van der Waals surface area contributed by atoms with E-state index in [1.54, 1.807) is 13.8 Å². The van der Waals surface area contributed by atoms with Crippen LogP contribution in [0.4, 0.5) is 0 Å². The van der Waals surface area contributed by atoms with E-state index in [-0.39, 0.29) is 24.4 Å². The maximum atomic E-state index is 11.2. The topological polar surface area (TPSA) is 103 Å². The summed E-state index contributed by atoms with van der Waals surface area (Å²) in [4.78, 5) is 11.2. The van der Waals surface area contributed by atoms with Crippen LogP contribution in [0.15, 0.2) is 0 Å². The van der Waals surface area contributed by atoms with E-state index in [4.69, 9.17) is 15.6 Å². The van der Waals surface area contributed by atoms with Gasteiger partial charge in [-0.2, -0.15) is 0 Å². The Kier molecular flexibility index (Phi) is 3.97. The minimum absolute atomic E-state index is 0.0784. The number of rotatable bonds is 5. The van der Waals surface area contributed by atoms with Crippen LogP contribution in [0.3, 0.4) is 0 Å². The number of nitrogens with zero attached hydrogens (tertiary/aromatic N) is 3. The lowest BCUT2D eigenvalue weighted by Gasteiger charge is -2.16. The summed E-state index contributed by atoms with van der Waals surface area (Å²) >= 11 is 0. The van der Waals surface area contributed by atoms with Gasteiger partial charge in [-0.25, -0.2) is 4.68 Å². The molecule has 0 aliphatic rings. The van der Waals surface area contributed by atoms with Crippen LogP contribution >= 0.6 is 0 Å². The van der Waals surface area contributed by atoms with Crippen LogP contribution in [0, 0.1) is 0 Å². The van der Waals surface area contributed by atoms with Crippen molar-refractivity contribution in [2.45, 2.75) is 26.0 Å². The summed E-state index contributed by atoms with van der Waals surface area (Å²) in [5.41, 5.74) is 5.75. The predicted molar refractivity (Wildman–Crippen MR) is 55.8 cm³/mol. The number of aliphatic hydroxyl groups excluding tert-OH is 1. The molecule has 1 rings (SSSR count). The van der Waals surface area contributed by atoms with Gasteiger partial charge in [-0.1, -0.05) is 5.21 Å². The Balaban J connectivity index is 3.24. The van der Waals surface area contributed by atoms with Crippen LogP contribution in [-0.4, -0.2) is 39.7 Å². The van der Waals surface area contributed by atoms with E-state index in [2.05, 4.69) is 10.3 Å². The second-order valence-electron chi connectivity index (χ2n) is 3.54. The molecule has 0 aliphatic carbocycles. The van der Waals surface area contributed by atoms with Crippen LogP contribution in [0.5, 0.6) is 0 Å². The molecule has 7 nitrogen and oxygen atoms in total. The first-order valence-corrected chi connectivity index (χ1v) is 4.91. The Hall–Kier alpha value is -1.47. The van der Waals surface area contributed by atoms with Gasteiger partial charge in [0.05, 0.1) is 18.8 Å². The van der Waals surface area contributed by atoms with Gasteiger partial charge < -0.3 is 15.6 Å². The first-order chi connectivity index (χ1) is 7.52. The van der Waals surface area contributed by atoms with Gasteiger partial charge in [0, 0.05) is 7.11 Å². The number of amides is 1. The lowest BCUT2D eigenvalue weighted by Crippen LogP contribution is -2.20. The molecule has 0 fully saturated rings. The van der Waals surface area contributed by atoms with E-state index >= 15 is 0 Å². The van der Waals surface area contributed by atoms with Crippen LogP contribution in [-0.2, 0) is 4.74 Å². The average Bonchev–Trinajstić information content (AvgIpc) is 2.71. The molecule has 0 aliphatic heterocycles. The van der Waals surface area contributed by atoms with E-state index < -0.39 is 5.91 Å². The van der Waals surface area contributed by atoms with E-state index in [1.165, 1.54) is 11.8 Å². The minimum atomic E-state index is -0.657. The highest BCUT2D eigenvalue weighted by molar-refractivity contribution is 5.91. The van der Waals surface area contributed by atoms with Crippen molar-refractivity contribution in [3.8, 4) is 0 Å². The maximum absolute atomic E-state index is 11.2. The van der Waals surface area contributed by atoms with Crippen LogP contribution in [0.1, 0.15) is 42.2 Å². The number of hydrogen-bond acceptors (Lipinski definition) is 5. The van der Waals surface area contributed by atoms with Gasteiger partial charge in [-0.05, 0) is 13.8 Å². The second-order valence-corrected chi connectivity index (χ2v) is 3.54. The highest BCUT2D eigenvalue weighted by Crippen LogP contribution is 2.21. The molecule has 0 saturated carbocycles. The van der Waals surface area contributed by atoms with Crippen molar-refractivity contribution in [2.24, 2.45) is 5.73 Å². The maximum Gasteiger partial charge on any atom is 0.271 e. The van der Waals surface area contributed by atoms with Crippen molar-refractivity contribution in [3.05, 3.63) is 11.4 Å². The zero-order valence-corrected chi connectivity index (χ0v) is 9.54. The summed E-state index contributed by atoms with van der Waals surface area (Å²) in [5.74, 6) is -0.657. The zero-order valence-electron chi connectivity index (χ0n) is 9.54. The van der Waals surface area contributed by atoms with Crippen LogP contribution < -0.4 is 5.73 Å². The number of methoxy groups -OCH3 is 1. The highest BCUT2D eigenvalue weighted by Gasteiger charge is 2.24. The Bertz CT molecular complexity index is 377. The lowest BCUT2D eigenvalue weighted by molar-refractivity contribution is 0.0949. The summed E-state index contributed by atoms with van der Waals surface area (Å²) in [6.07, 6.45) is -0.369. The molecule has 1 amide bonds. The zero-order chi connectivity index (χ0) is 12.3. The van der Waals surface area contributed by atoms with E-state index in [9.17, 15) is 4.79 Å². The molecule has 0 radical (unpaired) electrons. The Morgan fingerprint density at radius 3 is 2.69 bits per heavy atom. The Labute approximate surface area is 93.2 Å². The number of aliphatic hydroxyl groups is 1. The summed E-state index contributed by atoms with van der Waals surface area (Å²) < 4.78 is 6.58. The first kappa shape index (κ1) is 12.6. The fourth-order valence-electron chi connectivity index (χ4n) is 1.37. The van der Waals surface area contributed by atoms with Gasteiger partial charge in [0.15, 0.2) is 5.69 Å². The van der Waals surface area contributed by atoms with Crippen molar-refractivity contribution in [1.82, 2.24) is 15.0 Å². The molecular formula is C9H16N4O3. The summed E-state index contributed by atoms with van der Waals surface area (Å²) in [7, 11) is 1.51. The molecule has 3 N–H and O–H groups in total. The SMILES string of the molecule is COC(C)c1c(C(N)=O)nnn1C(C)CO. The van der Waals surface area contributed by atoms with E-state index in [0.29, 0.717) is 5.69 Å². The Morgan fingerprint density at radius 1 is 1.62 bits per heavy atom. The number of hydrogen-bond donors (Lipinski definition) is 2. The van der Waals surface area contributed by atoms with Gasteiger partial charge in [-0.3, -0.25) is 4.79 Å². The van der Waals surface area contributed by atoms with E-state index in [0.717, 1.165) is 0 Å². The molecule has 16 heavy (non-hydrogen) atoms. The van der Waals surface area contributed by atoms with Crippen molar-refractivity contribution in [1.29, 1.82) is 0 Å². The lowest BCUT2D eigenvalue weighted by atomic mass is 10.2. The number of carbonyl (C=O) groups excluding carboxylic acids is 1. The van der Waals surface area contributed by atoms with Crippen molar-refractivity contribution < 1.29 is 14.6 Å². The van der Waals surface area contributed by atoms with Gasteiger partial charge in [0.1, 0.15) is 5.69 Å². The van der Waals surface area contributed by atoms with Gasteiger partial charge in [-0.15, -0.1) is 5.10 Å². The van der Waals surface area contributed by atoms with Crippen LogP contribution in [0.2, 0.25) is 0 Å². The smallest absolute Gasteiger partial charge is 0.271 e. The molecule has 0 aromatic carbocycles. The molecular weight excluding hydrogens is 212 g/mol. The normalized spacial score (nSPS) is 14.8. The van der Waals surface area contributed by atoms with Crippen molar-refractivity contribution in [2.75, 3.05) is 13.7 Å². The molecule has 2 unspecified atom stereocenters. The minimum Gasteiger partial charge on any atom is -0.394 e. The van der Waals surface area contributed by atoms with Crippen molar-refractivity contribution >= 4 is 5.91 Å². The van der Waals surface area contributed by atoms with Crippen LogP contribution in [0.25, 0.3) is 0 Å². The van der Waals surface area contributed by atoms with Crippen molar-refractivity contribution in [3.63, 3.8) is 0 Å².